The minimum Gasteiger partial charge on any atom is -0.369 e. The molecule has 4 nitrogen and oxygen atoms in total. The molecule has 168 valence electrons. The van der Waals surface area contributed by atoms with E-state index in [9.17, 15) is 4.39 Å². The average molecular weight is 433 g/mol. The topological polar surface area (TPSA) is 53.6 Å². The third kappa shape index (κ3) is 4.98. The van der Waals surface area contributed by atoms with Crippen molar-refractivity contribution >= 4 is 22.8 Å². The number of aromatic nitrogens is 3. The molecule has 0 fully saturated rings. The number of nitrogens with zero attached hydrogens (tertiary/aromatic N) is 2. The minimum absolute atomic E-state index is 0.208. The van der Waals surface area contributed by atoms with Gasteiger partial charge in [-0.2, -0.15) is 0 Å². The Morgan fingerprint density at radius 1 is 1.09 bits per heavy atom. The molecule has 0 bridgehead atoms. The molecule has 2 N–H and O–H groups in total. The van der Waals surface area contributed by atoms with Gasteiger partial charge in [-0.15, -0.1) is 0 Å². The molecule has 0 aliphatic rings. The van der Waals surface area contributed by atoms with E-state index in [1.165, 1.54) is 22.8 Å². The Kier molecular flexibility index (Phi) is 7.29. The zero-order valence-corrected chi connectivity index (χ0v) is 20.2. The van der Waals surface area contributed by atoms with Crippen LogP contribution in [0.3, 0.4) is 0 Å². The van der Waals surface area contributed by atoms with Crippen molar-refractivity contribution in [2.75, 3.05) is 11.9 Å². The van der Waals surface area contributed by atoms with E-state index in [2.05, 4.69) is 59.3 Å². The molecule has 2 aromatic heterocycles. The first-order valence-corrected chi connectivity index (χ1v) is 11.0. The Hall–Kier alpha value is -3.21. The minimum atomic E-state index is -0.208. The summed E-state index contributed by atoms with van der Waals surface area (Å²) < 4.78 is 14.2. The summed E-state index contributed by atoms with van der Waals surface area (Å²) in [6.07, 6.45) is 8.75. The summed E-state index contributed by atoms with van der Waals surface area (Å²) in [5, 5.41) is 4.44. The normalized spacial score (nSPS) is 13.2. The first-order chi connectivity index (χ1) is 15.2. The van der Waals surface area contributed by atoms with Crippen molar-refractivity contribution in [1.29, 1.82) is 0 Å². The monoisotopic (exact) mass is 432 g/mol. The van der Waals surface area contributed by atoms with Crippen LogP contribution in [0.25, 0.3) is 17.0 Å². The van der Waals surface area contributed by atoms with Crippen LogP contribution in [-0.4, -0.2) is 21.5 Å². The predicted molar refractivity (Wildman–Crippen MR) is 134 cm³/mol. The maximum absolute atomic E-state index is 14.2. The zero-order valence-electron chi connectivity index (χ0n) is 20.2. The van der Waals surface area contributed by atoms with E-state index in [-0.39, 0.29) is 5.82 Å². The van der Waals surface area contributed by atoms with Crippen LogP contribution in [0, 0.1) is 26.6 Å². The van der Waals surface area contributed by atoms with Crippen molar-refractivity contribution in [3.8, 4) is 0 Å². The summed E-state index contributed by atoms with van der Waals surface area (Å²) in [7, 11) is 0. The molecule has 0 atom stereocenters. The van der Waals surface area contributed by atoms with Crippen LogP contribution in [-0.2, 0) is 6.42 Å². The van der Waals surface area contributed by atoms with E-state index < -0.39 is 0 Å². The largest absolute Gasteiger partial charge is 0.369 e. The van der Waals surface area contributed by atoms with Gasteiger partial charge in [-0.25, -0.2) is 14.4 Å². The van der Waals surface area contributed by atoms with Crippen molar-refractivity contribution in [3.05, 3.63) is 81.2 Å². The van der Waals surface area contributed by atoms with Gasteiger partial charge in [-0.1, -0.05) is 23.8 Å². The molecule has 0 radical (unpaired) electrons. The summed E-state index contributed by atoms with van der Waals surface area (Å²) in [5.41, 5.74) is 9.37. The van der Waals surface area contributed by atoms with E-state index in [4.69, 9.17) is 0 Å². The van der Waals surface area contributed by atoms with Crippen molar-refractivity contribution < 1.29 is 4.39 Å². The van der Waals surface area contributed by atoms with E-state index >= 15 is 0 Å². The second-order valence-electron chi connectivity index (χ2n) is 8.44. The standard InChI is InChI=1S/C27H33FN4/c1-8-16(2)13-18(4)19(5)14-24-20(6)27(31-15-30-24)29-12-11-22-21(7)32-26-23(28)10-9-17(3)25(22)26/h8-10,13-15,32H,11-12H2,1-7H3,(H,29,30,31)/b16-8-,18-13+,19-14+. The number of benzene rings is 1. The first-order valence-electron chi connectivity index (χ1n) is 11.0. The second-order valence-corrected chi connectivity index (χ2v) is 8.44. The SMILES string of the molecule is C\C=C(C)/C=C(C)/C(C)=C/c1ncnc(NCCc2c(C)[nH]c3c(F)ccc(C)c23)c1C. The molecule has 5 heteroatoms. The lowest BCUT2D eigenvalue weighted by atomic mass is 10.0. The number of hydrogen-bond donors (Lipinski definition) is 2. The van der Waals surface area contributed by atoms with Gasteiger partial charge in [0.25, 0.3) is 0 Å². The van der Waals surface area contributed by atoms with E-state index in [0.717, 1.165) is 45.7 Å². The van der Waals surface area contributed by atoms with Crippen LogP contribution in [0.1, 0.15) is 55.8 Å². The maximum atomic E-state index is 14.2. The number of hydrogen-bond acceptors (Lipinski definition) is 3. The molecule has 1 aromatic carbocycles. The van der Waals surface area contributed by atoms with Crippen molar-refractivity contribution in [1.82, 2.24) is 15.0 Å². The van der Waals surface area contributed by atoms with Crippen LogP contribution in [0.4, 0.5) is 10.2 Å². The van der Waals surface area contributed by atoms with Crippen LogP contribution in [0.15, 0.2) is 47.3 Å². The predicted octanol–water partition coefficient (Wildman–Crippen LogP) is 6.99. The average Bonchev–Trinajstić information content (AvgIpc) is 3.10. The number of H-pyrrole nitrogens is 1. The molecule has 2 heterocycles. The number of allylic oxidation sites excluding steroid dienone is 5. The highest BCUT2D eigenvalue weighted by molar-refractivity contribution is 5.88. The molecule has 0 aliphatic heterocycles. The molecule has 0 saturated heterocycles. The fraction of sp³-hybridized carbons (Fsp3) is 0.333. The van der Waals surface area contributed by atoms with Gasteiger partial charge in [-0.05, 0) is 89.3 Å². The lowest BCUT2D eigenvalue weighted by molar-refractivity contribution is 0.637. The van der Waals surface area contributed by atoms with Gasteiger partial charge < -0.3 is 10.3 Å². The molecular formula is C27H33FN4. The number of halogens is 1. The molecule has 0 spiro atoms. The Balaban J connectivity index is 1.79. The molecule has 0 aliphatic carbocycles. The quantitative estimate of drug-likeness (QED) is 0.396. The Bertz CT molecular complexity index is 1230. The summed E-state index contributed by atoms with van der Waals surface area (Å²) in [6.45, 7) is 15.1. The molecule has 0 unspecified atom stereocenters. The van der Waals surface area contributed by atoms with Crippen molar-refractivity contribution in [3.63, 3.8) is 0 Å². The number of nitrogens with one attached hydrogen (secondary N) is 2. The molecular weight excluding hydrogens is 399 g/mol. The lowest BCUT2D eigenvalue weighted by Gasteiger charge is -2.11. The summed E-state index contributed by atoms with van der Waals surface area (Å²) >= 11 is 0. The van der Waals surface area contributed by atoms with E-state index in [0.29, 0.717) is 12.1 Å². The van der Waals surface area contributed by atoms with E-state index in [1.807, 2.05) is 33.8 Å². The van der Waals surface area contributed by atoms with Crippen LogP contribution in [0.5, 0.6) is 0 Å². The van der Waals surface area contributed by atoms with Gasteiger partial charge in [0.05, 0.1) is 11.2 Å². The smallest absolute Gasteiger partial charge is 0.147 e. The highest BCUT2D eigenvalue weighted by Crippen LogP contribution is 2.28. The van der Waals surface area contributed by atoms with Gasteiger partial charge in [0.15, 0.2) is 0 Å². The molecule has 3 aromatic rings. The fourth-order valence-corrected chi connectivity index (χ4v) is 3.91. The number of rotatable bonds is 7. The first kappa shape index (κ1) is 23.5. The molecule has 0 saturated carbocycles. The Morgan fingerprint density at radius 2 is 1.84 bits per heavy atom. The van der Waals surface area contributed by atoms with Gasteiger partial charge in [0, 0.05) is 23.2 Å². The van der Waals surface area contributed by atoms with Crippen molar-refractivity contribution in [2.45, 2.75) is 54.9 Å². The third-order valence-corrected chi connectivity index (χ3v) is 6.10. The summed E-state index contributed by atoms with van der Waals surface area (Å²) in [6, 6.07) is 3.36. The molecule has 0 amide bonds. The number of anilines is 1. The number of aromatic amines is 1. The van der Waals surface area contributed by atoms with Gasteiger partial charge in [0.1, 0.15) is 18.0 Å². The van der Waals surface area contributed by atoms with Gasteiger partial charge in [0.2, 0.25) is 0 Å². The maximum Gasteiger partial charge on any atom is 0.147 e. The summed E-state index contributed by atoms with van der Waals surface area (Å²) in [5.74, 6) is 0.617. The molecule has 32 heavy (non-hydrogen) atoms. The summed E-state index contributed by atoms with van der Waals surface area (Å²) in [4.78, 5) is 12.1. The van der Waals surface area contributed by atoms with Gasteiger partial charge in [-0.3, -0.25) is 0 Å². The second kappa shape index (κ2) is 9.94. The molecule has 3 rings (SSSR count). The lowest BCUT2D eigenvalue weighted by Crippen LogP contribution is -2.09. The fourth-order valence-electron chi connectivity index (χ4n) is 3.91. The third-order valence-electron chi connectivity index (χ3n) is 6.10. The van der Waals surface area contributed by atoms with Crippen LogP contribution >= 0.6 is 0 Å². The zero-order chi connectivity index (χ0) is 23.4. The Morgan fingerprint density at radius 3 is 2.56 bits per heavy atom. The highest BCUT2D eigenvalue weighted by atomic mass is 19.1. The van der Waals surface area contributed by atoms with Crippen molar-refractivity contribution in [2.24, 2.45) is 0 Å². The number of fused-ring (bicyclic) bond motifs is 1. The van der Waals surface area contributed by atoms with Crippen LogP contribution in [0.2, 0.25) is 0 Å². The number of aryl methyl sites for hydroxylation is 2. The highest BCUT2D eigenvalue weighted by Gasteiger charge is 2.14. The Labute approximate surface area is 190 Å². The van der Waals surface area contributed by atoms with E-state index in [1.54, 1.807) is 6.33 Å². The van der Waals surface area contributed by atoms with Gasteiger partial charge >= 0.3 is 0 Å². The van der Waals surface area contributed by atoms with Crippen LogP contribution < -0.4 is 5.32 Å².